The third kappa shape index (κ3) is 3.80. The normalized spacial score (nSPS) is 24.5. The van der Waals surface area contributed by atoms with Crippen LogP contribution in [0, 0.1) is 25.2 Å². The second-order valence-electron chi connectivity index (χ2n) is 7.74. The first-order valence-electron chi connectivity index (χ1n) is 9.26. The lowest BCUT2D eigenvalue weighted by Crippen LogP contribution is -2.53. The van der Waals surface area contributed by atoms with Crippen molar-refractivity contribution >= 4 is 11.9 Å². The Morgan fingerprint density at radius 1 is 1.20 bits per heavy atom. The van der Waals surface area contributed by atoms with Crippen LogP contribution < -0.4 is 10.1 Å². The first-order valence-corrected chi connectivity index (χ1v) is 9.26. The molecule has 1 amide bonds. The Kier molecular flexibility index (Phi) is 5.02. The van der Waals surface area contributed by atoms with Crippen LogP contribution in [0.1, 0.15) is 49.7 Å². The molecule has 5 heteroatoms. The maximum atomic E-state index is 12.9. The van der Waals surface area contributed by atoms with E-state index in [-0.39, 0.29) is 18.5 Å². The number of nitrogens with zero attached hydrogens (tertiary/aromatic N) is 1. The minimum Gasteiger partial charge on any atom is -0.491 e. The first kappa shape index (κ1) is 17.8. The van der Waals surface area contributed by atoms with Gasteiger partial charge in [0.1, 0.15) is 12.4 Å². The molecule has 1 aromatic rings. The summed E-state index contributed by atoms with van der Waals surface area (Å²) in [6, 6.07) is 6.10. The van der Waals surface area contributed by atoms with Crippen LogP contribution >= 0.6 is 0 Å². The summed E-state index contributed by atoms with van der Waals surface area (Å²) in [6.07, 6.45) is 6.83. The molecule has 25 heavy (non-hydrogen) atoms. The van der Waals surface area contributed by atoms with Gasteiger partial charge in [0.25, 0.3) is 5.91 Å². The van der Waals surface area contributed by atoms with Crippen molar-refractivity contribution in [2.24, 2.45) is 5.92 Å². The van der Waals surface area contributed by atoms with Gasteiger partial charge in [-0.2, -0.15) is 0 Å². The quantitative estimate of drug-likeness (QED) is 0.861. The number of nitrogens with one attached hydrogen (secondary N) is 2. The van der Waals surface area contributed by atoms with Crippen molar-refractivity contribution in [2.75, 3.05) is 13.7 Å². The fraction of sp³-hybridized carbons (Fsp3) is 0.600. The topological polar surface area (TPSA) is 65.4 Å². The summed E-state index contributed by atoms with van der Waals surface area (Å²) in [6.45, 7) is 4.35. The van der Waals surface area contributed by atoms with Gasteiger partial charge in [0, 0.05) is 7.05 Å². The minimum absolute atomic E-state index is 0.0487. The summed E-state index contributed by atoms with van der Waals surface area (Å²) in [5.74, 6) is 1.43. The molecule has 136 valence electrons. The maximum absolute atomic E-state index is 12.9. The highest BCUT2D eigenvalue weighted by Gasteiger charge is 2.50. The second kappa shape index (κ2) is 7.06. The summed E-state index contributed by atoms with van der Waals surface area (Å²) >= 11 is 0. The largest absolute Gasteiger partial charge is 0.491 e. The van der Waals surface area contributed by atoms with Gasteiger partial charge in [0.2, 0.25) is 0 Å². The van der Waals surface area contributed by atoms with Crippen LogP contribution in [-0.4, -0.2) is 36.0 Å². The Morgan fingerprint density at radius 3 is 2.40 bits per heavy atom. The molecule has 1 saturated carbocycles. The first-order chi connectivity index (χ1) is 11.9. The number of guanidine groups is 1. The van der Waals surface area contributed by atoms with Crippen molar-refractivity contribution in [3.05, 3.63) is 29.3 Å². The third-order valence-electron chi connectivity index (χ3n) is 5.45. The molecule has 2 aliphatic rings. The van der Waals surface area contributed by atoms with Gasteiger partial charge in [-0.15, -0.1) is 0 Å². The summed E-state index contributed by atoms with van der Waals surface area (Å²) in [5, 5.41) is 11.2. The van der Waals surface area contributed by atoms with Gasteiger partial charge in [0.15, 0.2) is 11.5 Å². The fourth-order valence-corrected chi connectivity index (χ4v) is 4.19. The van der Waals surface area contributed by atoms with E-state index in [9.17, 15) is 4.79 Å². The molecule has 1 aliphatic carbocycles. The van der Waals surface area contributed by atoms with Gasteiger partial charge in [-0.1, -0.05) is 38.2 Å². The van der Waals surface area contributed by atoms with Gasteiger partial charge in [-0.25, -0.2) is 0 Å². The smallest absolute Gasteiger partial charge is 0.258 e. The molecular weight excluding hydrogens is 314 g/mol. The molecule has 1 heterocycles. The average molecular weight is 343 g/mol. The SMILES string of the molecule is Cc1cc(C)cc(OCC2(CC3CCCCC3)NC(=N)N(C)C2=O)c1. The minimum atomic E-state index is -0.814. The van der Waals surface area contributed by atoms with E-state index in [1.165, 1.54) is 24.2 Å². The van der Waals surface area contributed by atoms with E-state index < -0.39 is 5.54 Å². The van der Waals surface area contributed by atoms with Gasteiger partial charge < -0.3 is 10.1 Å². The summed E-state index contributed by atoms with van der Waals surface area (Å²) in [5.41, 5.74) is 1.48. The van der Waals surface area contributed by atoms with Crippen LogP contribution in [-0.2, 0) is 4.79 Å². The Balaban J connectivity index is 1.78. The van der Waals surface area contributed by atoms with Crippen molar-refractivity contribution in [3.8, 4) is 5.75 Å². The van der Waals surface area contributed by atoms with E-state index in [0.717, 1.165) is 36.1 Å². The Bertz CT molecular complexity index is 647. The number of hydrogen-bond donors (Lipinski definition) is 2. The van der Waals surface area contributed by atoms with Crippen LogP contribution in [0.5, 0.6) is 5.75 Å². The molecule has 2 fully saturated rings. The van der Waals surface area contributed by atoms with Crippen molar-refractivity contribution in [1.29, 1.82) is 5.41 Å². The van der Waals surface area contributed by atoms with Gasteiger partial charge >= 0.3 is 0 Å². The third-order valence-corrected chi connectivity index (χ3v) is 5.45. The summed E-state index contributed by atoms with van der Waals surface area (Å²) in [4.78, 5) is 14.3. The maximum Gasteiger partial charge on any atom is 0.258 e. The number of amides is 1. The van der Waals surface area contributed by atoms with Crippen LogP contribution in [0.2, 0.25) is 0 Å². The number of carbonyl (C=O) groups excluding carboxylic acids is 1. The monoisotopic (exact) mass is 343 g/mol. The van der Waals surface area contributed by atoms with E-state index in [2.05, 4.69) is 11.4 Å². The summed E-state index contributed by atoms with van der Waals surface area (Å²) in [7, 11) is 1.66. The second-order valence-corrected chi connectivity index (χ2v) is 7.74. The zero-order valence-electron chi connectivity index (χ0n) is 15.5. The van der Waals surface area contributed by atoms with E-state index in [1.54, 1.807) is 7.05 Å². The molecule has 1 aliphatic heterocycles. The van der Waals surface area contributed by atoms with Gasteiger partial charge in [0.05, 0.1) is 0 Å². The predicted molar refractivity (Wildman–Crippen MR) is 99.0 cm³/mol. The Labute approximate surface area is 150 Å². The number of ether oxygens (including phenoxy) is 1. The number of benzene rings is 1. The van der Waals surface area contributed by atoms with E-state index in [0.29, 0.717) is 5.92 Å². The Hall–Kier alpha value is -2.04. The lowest BCUT2D eigenvalue weighted by molar-refractivity contribution is -0.132. The molecule has 5 nitrogen and oxygen atoms in total. The lowest BCUT2D eigenvalue weighted by Gasteiger charge is -2.32. The van der Waals surface area contributed by atoms with Gasteiger partial charge in [-0.05, 0) is 49.4 Å². The number of likely N-dealkylation sites (N-methyl/N-ethyl adjacent to an activating group) is 1. The predicted octanol–water partition coefficient (Wildman–Crippen LogP) is 3.39. The van der Waals surface area contributed by atoms with Crippen molar-refractivity contribution in [1.82, 2.24) is 10.2 Å². The van der Waals surface area contributed by atoms with Crippen molar-refractivity contribution in [2.45, 2.75) is 57.9 Å². The molecule has 1 saturated heterocycles. The molecule has 0 bridgehead atoms. The standard InChI is InChI=1S/C20H29N3O2/c1-14-9-15(2)11-17(10-14)25-13-20(12-16-7-5-4-6-8-16)18(24)23(3)19(21)22-20/h9-11,16H,4-8,12-13H2,1-3H3,(H2,21,22). The molecule has 0 radical (unpaired) electrons. The number of aryl methyl sites for hydroxylation is 2. The molecule has 1 unspecified atom stereocenters. The number of carbonyl (C=O) groups is 1. The van der Waals surface area contributed by atoms with E-state index in [4.69, 9.17) is 10.1 Å². The van der Waals surface area contributed by atoms with E-state index in [1.807, 2.05) is 26.0 Å². The molecule has 0 aromatic heterocycles. The average Bonchev–Trinajstić information content (AvgIpc) is 2.78. The highest BCUT2D eigenvalue weighted by atomic mass is 16.5. The molecule has 3 rings (SSSR count). The fourth-order valence-electron chi connectivity index (χ4n) is 4.19. The van der Waals surface area contributed by atoms with E-state index >= 15 is 0 Å². The molecule has 0 spiro atoms. The molecule has 1 atom stereocenters. The molecular formula is C20H29N3O2. The van der Waals surface area contributed by atoms with Gasteiger partial charge in [-0.3, -0.25) is 15.1 Å². The molecule has 2 N–H and O–H groups in total. The lowest BCUT2D eigenvalue weighted by atomic mass is 9.79. The summed E-state index contributed by atoms with van der Waals surface area (Å²) < 4.78 is 6.06. The van der Waals surface area contributed by atoms with Crippen molar-refractivity contribution < 1.29 is 9.53 Å². The number of hydrogen-bond acceptors (Lipinski definition) is 3. The van der Waals surface area contributed by atoms with Crippen LogP contribution in [0.3, 0.4) is 0 Å². The zero-order valence-corrected chi connectivity index (χ0v) is 15.5. The number of rotatable bonds is 5. The highest BCUT2D eigenvalue weighted by molar-refractivity contribution is 6.07. The zero-order chi connectivity index (χ0) is 18.0. The van der Waals surface area contributed by atoms with Crippen LogP contribution in [0.4, 0.5) is 0 Å². The Morgan fingerprint density at radius 2 is 1.84 bits per heavy atom. The highest BCUT2D eigenvalue weighted by Crippen LogP contribution is 2.34. The van der Waals surface area contributed by atoms with Crippen LogP contribution in [0.15, 0.2) is 18.2 Å². The van der Waals surface area contributed by atoms with Crippen LogP contribution in [0.25, 0.3) is 0 Å². The molecule has 1 aromatic carbocycles. The van der Waals surface area contributed by atoms with Crippen molar-refractivity contribution in [3.63, 3.8) is 0 Å².